The molecule has 0 amide bonds. The quantitative estimate of drug-likeness (QED) is 0.798. The molecule has 2 nitrogen and oxygen atoms in total. The highest BCUT2D eigenvalue weighted by atomic mass is 16.3. The molecule has 0 atom stereocenters. The molecule has 2 heteroatoms. The molecule has 0 aliphatic carbocycles. The number of rotatable bonds is 3. The van der Waals surface area contributed by atoms with Crippen LogP contribution in [0.25, 0.3) is 0 Å². The van der Waals surface area contributed by atoms with Gasteiger partial charge in [0.25, 0.3) is 0 Å². The van der Waals surface area contributed by atoms with Crippen LogP contribution in [0.5, 0.6) is 5.75 Å². The summed E-state index contributed by atoms with van der Waals surface area (Å²) in [4.78, 5) is 2.29. The van der Waals surface area contributed by atoms with Gasteiger partial charge in [0.15, 0.2) is 0 Å². The maximum absolute atomic E-state index is 9.53. The van der Waals surface area contributed by atoms with Gasteiger partial charge in [-0.2, -0.15) is 0 Å². The van der Waals surface area contributed by atoms with Crippen molar-refractivity contribution in [2.24, 2.45) is 0 Å². The van der Waals surface area contributed by atoms with Crippen LogP contribution < -0.4 is 4.90 Å². The van der Waals surface area contributed by atoms with Gasteiger partial charge in [-0.1, -0.05) is 0 Å². The maximum Gasteiger partial charge on any atom is 0.118 e. The number of phenolic OH excluding ortho intramolecular Hbond substituents is 1. The van der Waals surface area contributed by atoms with E-state index in [2.05, 4.69) is 24.8 Å². The second-order valence-electron chi connectivity index (χ2n) is 3.60. The lowest BCUT2D eigenvalue weighted by Gasteiger charge is -2.23. The van der Waals surface area contributed by atoms with Crippen molar-refractivity contribution in [3.8, 4) is 5.75 Å². The molecule has 1 N–H and O–H groups in total. The Labute approximate surface area is 86.2 Å². The van der Waals surface area contributed by atoms with Crippen molar-refractivity contribution >= 4 is 5.69 Å². The van der Waals surface area contributed by atoms with E-state index in [9.17, 15) is 5.11 Å². The van der Waals surface area contributed by atoms with Gasteiger partial charge in [0.1, 0.15) is 5.75 Å². The highest BCUT2D eigenvalue weighted by molar-refractivity contribution is 5.58. The summed E-state index contributed by atoms with van der Waals surface area (Å²) in [5.41, 5.74) is 3.31. The molecule has 1 aromatic carbocycles. The SMILES string of the molecule is CCN(CC)c1cc(C)c(O)cc1C. The van der Waals surface area contributed by atoms with Gasteiger partial charge >= 0.3 is 0 Å². The van der Waals surface area contributed by atoms with E-state index in [0.29, 0.717) is 5.75 Å². The molecule has 1 rings (SSSR count). The molecule has 1 aromatic rings. The summed E-state index contributed by atoms with van der Waals surface area (Å²) < 4.78 is 0. The smallest absolute Gasteiger partial charge is 0.118 e. The van der Waals surface area contributed by atoms with Gasteiger partial charge in [-0.05, 0) is 51.0 Å². The van der Waals surface area contributed by atoms with E-state index in [4.69, 9.17) is 0 Å². The molecule has 14 heavy (non-hydrogen) atoms. The lowest BCUT2D eigenvalue weighted by atomic mass is 10.1. The number of hydrogen-bond donors (Lipinski definition) is 1. The standard InChI is InChI=1S/C12H19NO/c1-5-13(6-2)11-7-10(4)12(14)8-9(11)3/h7-8,14H,5-6H2,1-4H3. The Balaban J connectivity index is 3.14. The van der Waals surface area contributed by atoms with Crippen molar-refractivity contribution in [1.82, 2.24) is 0 Å². The van der Waals surface area contributed by atoms with Crippen LogP contribution in [0, 0.1) is 13.8 Å². The first-order chi connectivity index (χ1) is 6.60. The molecule has 0 saturated heterocycles. The minimum absolute atomic E-state index is 0.387. The number of aryl methyl sites for hydroxylation is 2. The van der Waals surface area contributed by atoms with Crippen LogP contribution in [-0.2, 0) is 0 Å². The van der Waals surface area contributed by atoms with Crippen molar-refractivity contribution in [3.63, 3.8) is 0 Å². The lowest BCUT2D eigenvalue weighted by Crippen LogP contribution is -2.22. The van der Waals surface area contributed by atoms with Crippen molar-refractivity contribution in [2.45, 2.75) is 27.7 Å². The third-order valence-corrected chi connectivity index (χ3v) is 2.62. The van der Waals surface area contributed by atoms with Crippen LogP contribution in [0.3, 0.4) is 0 Å². The lowest BCUT2D eigenvalue weighted by molar-refractivity contribution is 0.470. The Hall–Kier alpha value is -1.18. The zero-order chi connectivity index (χ0) is 10.7. The van der Waals surface area contributed by atoms with E-state index >= 15 is 0 Å². The summed E-state index contributed by atoms with van der Waals surface area (Å²) >= 11 is 0. The minimum Gasteiger partial charge on any atom is -0.508 e. The Morgan fingerprint density at radius 3 is 2.14 bits per heavy atom. The molecule has 0 fully saturated rings. The fraction of sp³-hybridized carbons (Fsp3) is 0.500. The second-order valence-corrected chi connectivity index (χ2v) is 3.60. The average Bonchev–Trinajstić information content (AvgIpc) is 2.15. The van der Waals surface area contributed by atoms with Gasteiger partial charge in [-0.15, -0.1) is 0 Å². The summed E-state index contributed by atoms with van der Waals surface area (Å²) in [6.07, 6.45) is 0. The molecule has 0 aromatic heterocycles. The van der Waals surface area contributed by atoms with Crippen LogP contribution >= 0.6 is 0 Å². The van der Waals surface area contributed by atoms with Gasteiger partial charge in [-0.3, -0.25) is 0 Å². The fourth-order valence-corrected chi connectivity index (χ4v) is 1.69. The molecule has 0 aliphatic heterocycles. The van der Waals surface area contributed by atoms with E-state index in [1.54, 1.807) is 0 Å². The normalized spacial score (nSPS) is 10.3. The molecular weight excluding hydrogens is 174 g/mol. The monoisotopic (exact) mass is 193 g/mol. The third kappa shape index (κ3) is 2.00. The molecule has 0 saturated carbocycles. The molecular formula is C12H19NO. The van der Waals surface area contributed by atoms with Gasteiger partial charge in [0, 0.05) is 18.8 Å². The zero-order valence-electron chi connectivity index (χ0n) is 9.46. The average molecular weight is 193 g/mol. The highest BCUT2D eigenvalue weighted by Crippen LogP contribution is 2.27. The van der Waals surface area contributed by atoms with Crippen molar-refractivity contribution in [1.29, 1.82) is 0 Å². The predicted octanol–water partition coefficient (Wildman–Crippen LogP) is 2.86. The Morgan fingerprint density at radius 1 is 1.07 bits per heavy atom. The van der Waals surface area contributed by atoms with Crippen molar-refractivity contribution < 1.29 is 5.11 Å². The van der Waals surface area contributed by atoms with Crippen LogP contribution in [0.1, 0.15) is 25.0 Å². The first-order valence-corrected chi connectivity index (χ1v) is 5.15. The molecule has 0 unspecified atom stereocenters. The zero-order valence-corrected chi connectivity index (χ0v) is 9.46. The number of nitrogens with zero attached hydrogens (tertiary/aromatic N) is 1. The molecule has 78 valence electrons. The van der Waals surface area contributed by atoms with Crippen LogP contribution in [0.2, 0.25) is 0 Å². The molecule has 0 aliphatic rings. The summed E-state index contributed by atoms with van der Waals surface area (Å²) in [5, 5.41) is 9.53. The number of phenols is 1. The van der Waals surface area contributed by atoms with Gasteiger partial charge in [-0.25, -0.2) is 0 Å². The minimum atomic E-state index is 0.387. The molecule has 0 bridgehead atoms. The Kier molecular flexibility index (Phi) is 3.39. The topological polar surface area (TPSA) is 23.5 Å². The summed E-state index contributed by atoms with van der Waals surface area (Å²) in [5.74, 6) is 0.387. The molecule has 0 spiro atoms. The Morgan fingerprint density at radius 2 is 1.64 bits per heavy atom. The largest absolute Gasteiger partial charge is 0.508 e. The second kappa shape index (κ2) is 4.36. The molecule has 0 heterocycles. The van der Waals surface area contributed by atoms with E-state index in [-0.39, 0.29) is 0 Å². The van der Waals surface area contributed by atoms with Crippen LogP contribution in [0.15, 0.2) is 12.1 Å². The number of benzene rings is 1. The van der Waals surface area contributed by atoms with E-state index < -0.39 is 0 Å². The van der Waals surface area contributed by atoms with Crippen molar-refractivity contribution in [2.75, 3.05) is 18.0 Å². The van der Waals surface area contributed by atoms with E-state index in [1.807, 2.05) is 19.9 Å². The van der Waals surface area contributed by atoms with Crippen molar-refractivity contribution in [3.05, 3.63) is 23.3 Å². The maximum atomic E-state index is 9.53. The third-order valence-electron chi connectivity index (χ3n) is 2.62. The van der Waals surface area contributed by atoms with Crippen LogP contribution in [0.4, 0.5) is 5.69 Å². The number of aromatic hydroxyl groups is 1. The highest BCUT2D eigenvalue weighted by Gasteiger charge is 2.07. The number of hydrogen-bond acceptors (Lipinski definition) is 2. The molecule has 0 radical (unpaired) electrons. The summed E-state index contributed by atoms with van der Waals surface area (Å²) in [6, 6.07) is 3.89. The fourth-order valence-electron chi connectivity index (χ4n) is 1.69. The summed E-state index contributed by atoms with van der Waals surface area (Å²) in [7, 11) is 0. The Bertz CT molecular complexity index is 316. The van der Waals surface area contributed by atoms with Gasteiger partial charge in [0.2, 0.25) is 0 Å². The van der Waals surface area contributed by atoms with E-state index in [1.165, 1.54) is 5.69 Å². The van der Waals surface area contributed by atoms with Gasteiger partial charge in [0.05, 0.1) is 0 Å². The predicted molar refractivity (Wildman–Crippen MR) is 61.1 cm³/mol. The summed E-state index contributed by atoms with van der Waals surface area (Å²) in [6.45, 7) is 10.3. The van der Waals surface area contributed by atoms with Crippen LogP contribution in [-0.4, -0.2) is 18.2 Å². The number of anilines is 1. The first-order valence-electron chi connectivity index (χ1n) is 5.15. The van der Waals surface area contributed by atoms with Gasteiger partial charge < -0.3 is 10.0 Å². The van der Waals surface area contributed by atoms with E-state index in [0.717, 1.165) is 24.2 Å². The first kappa shape index (κ1) is 10.9.